The average Bonchev–Trinajstić information content (AvgIpc) is 2.88. The van der Waals surface area contributed by atoms with Crippen molar-refractivity contribution in [2.75, 3.05) is 5.32 Å². The summed E-state index contributed by atoms with van der Waals surface area (Å²) in [7, 11) is 0. The van der Waals surface area contributed by atoms with E-state index in [1.54, 1.807) is 6.07 Å². The van der Waals surface area contributed by atoms with Crippen LogP contribution in [0.4, 0.5) is 5.69 Å². The van der Waals surface area contributed by atoms with Gasteiger partial charge in [-0.25, -0.2) is 0 Å². The van der Waals surface area contributed by atoms with Crippen LogP contribution in [-0.2, 0) is 0 Å². The Balaban J connectivity index is 1.26. The molecule has 1 heterocycles. The number of nitrogens with one attached hydrogen (secondary N) is 3. The van der Waals surface area contributed by atoms with Gasteiger partial charge in [-0.3, -0.25) is 10.2 Å². The highest BCUT2D eigenvalue weighted by molar-refractivity contribution is 7.80. The third-order valence-corrected chi connectivity index (χ3v) is 6.52. The van der Waals surface area contributed by atoms with Gasteiger partial charge in [-0.15, -0.1) is 0 Å². The molecule has 5 nitrogen and oxygen atoms in total. The normalized spacial score (nSPS) is 36.2. The number of hydrogen-bond donors (Lipinski definition) is 3. The number of hydrogen-bond acceptors (Lipinski definition) is 3. The Hall–Kier alpha value is -1.95. The predicted octanol–water partition coefficient (Wildman–Crippen LogP) is 3.04. The summed E-state index contributed by atoms with van der Waals surface area (Å²) in [6.07, 6.45) is 7.88. The van der Waals surface area contributed by atoms with E-state index in [2.05, 4.69) is 21.2 Å². The van der Waals surface area contributed by atoms with Crippen LogP contribution >= 0.6 is 12.2 Å². The lowest BCUT2D eigenvalue weighted by Gasteiger charge is -2.57. The molecule has 0 radical (unpaired) electrons. The van der Waals surface area contributed by atoms with E-state index >= 15 is 0 Å². The number of amidine groups is 1. The summed E-state index contributed by atoms with van der Waals surface area (Å²) in [6, 6.07) is 7.43. The molecule has 4 bridgehead atoms. The number of hydrazone groups is 1. The van der Waals surface area contributed by atoms with E-state index in [9.17, 15) is 4.79 Å². The molecule has 3 N–H and O–H groups in total. The Kier molecular flexibility index (Phi) is 3.39. The molecule has 1 aromatic carbocycles. The zero-order valence-corrected chi connectivity index (χ0v) is 14.9. The monoisotopic (exact) mass is 354 g/mol. The van der Waals surface area contributed by atoms with E-state index in [4.69, 9.17) is 12.2 Å². The molecule has 1 aromatic rings. The molecule has 0 aromatic heterocycles. The van der Waals surface area contributed by atoms with Crippen molar-refractivity contribution in [2.45, 2.75) is 44.1 Å². The van der Waals surface area contributed by atoms with Crippen LogP contribution in [0.25, 0.3) is 0 Å². The summed E-state index contributed by atoms with van der Waals surface area (Å²) >= 11 is 5.48. The predicted molar refractivity (Wildman–Crippen MR) is 102 cm³/mol. The van der Waals surface area contributed by atoms with Crippen LogP contribution in [0.2, 0.25) is 0 Å². The van der Waals surface area contributed by atoms with Crippen molar-refractivity contribution in [3.63, 3.8) is 0 Å². The third kappa shape index (κ3) is 2.63. The first-order valence-corrected chi connectivity index (χ1v) is 9.58. The smallest absolute Gasteiger partial charge is 0.232 e. The first kappa shape index (κ1) is 15.3. The number of Topliss-reactive ketones (excluding diaryl/α,β-unsaturated/α-hetero) is 1. The Morgan fingerprint density at radius 2 is 1.76 bits per heavy atom. The first-order valence-electron chi connectivity index (χ1n) is 9.17. The van der Waals surface area contributed by atoms with E-state index < -0.39 is 0 Å². The number of benzene rings is 1. The third-order valence-electron chi connectivity index (χ3n) is 6.33. The molecule has 4 fully saturated rings. The molecule has 130 valence electrons. The van der Waals surface area contributed by atoms with Gasteiger partial charge in [0, 0.05) is 11.1 Å². The van der Waals surface area contributed by atoms with Crippen molar-refractivity contribution in [1.82, 2.24) is 10.7 Å². The quantitative estimate of drug-likeness (QED) is 0.563. The minimum absolute atomic E-state index is 0.0966. The average molecular weight is 354 g/mol. The molecule has 6 rings (SSSR count). The van der Waals surface area contributed by atoms with Gasteiger partial charge in [0.2, 0.25) is 5.78 Å². The van der Waals surface area contributed by atoms with E-state index in [1.165, 1.54) is 38.5 Å². The van der Waals surface area contributed by atoms with Crippen molar-refractivity contribution in [3.05, 3.63) is 29.8 Å². The number of carbonyl (C=O) groups excluding carboxylic acids is 1. The number of fused-ring (bicyclic) bond motifs is 1. The summed E-state index contributed by atoms with van der Waals surface area (Å²) in [5.41, 5.74) is 4.49. The fourth-order valence-corrected chi connectivity index (χ4v) is 6.08. The molecule has 0 unspecified atom stereocenters. The van der Waals surface area contributed by atoms with Crippen LogP contribution < -0.4 is 16.1 Å². The highest BCUT2D eigenvalue weighted by Gasteiger charge is 2.51. The zero-order chi connectivity index (χ0) is 17.0. The highest BCUT2D eigenvalue weighted by Crippen LogP contribution is 2.55. The summed E-state index contributed by atoms with van der Waals surface area (Å²) in [6.45, 7) is 0. The Morgan fingerprint density at radius 1 is 1.12 bits per heavy atom. The molecule has 0 amide bonds. The van der Waals surface area contributed by atoms with Gasteiger partial charge in [0.05, 0.1) is 5.69 Å². The van der Waals surface area contributed by atoms with E-state index in [0.29, 0.717) is 16.5 Å². The largest absolute Gasteiger partial charge is 0.356 e. The lowest BCUT2D eigenvalue weighted by molar-refractivity contribution is -0.0101. The highest BCUT2D eigenvalue weighted by atomic mass is 32.1. The molecule has 5 aliphatic rings. The minimum Gasteiger partial charge on any atom is -0.356 e. The second-order valence-corrected chi connectivity index (χ2v) is 8.63. The van der Waals surface area contributed by atoms with Crippen LogP contribution in [-0.4, -0.2) is 22.3 Å². The van der Waals surface area contributed by atoms with Gasteiger partial charge in [-0.05, 0) is 80.6 Å². The second kappa shape index (κ2) is 5.53. The Labute approximate surface area is 152 Å². The number of ketones is 1. The van der Waals surface area contributed by atoms with Gasteiger partial charge in [0.1, 0.15) is 0 Å². The lowest BCUT2D eigenvalue weighted by Crippen LogP contribution is -2.61. The molecular formula is C19H22N4OS. The van der Waals surface area contributed by atoms with Crippen molar-refractivity contribution in [1.29, 1.82) is 0 Å². The maximum Gasteiger partial charge on any atom is 0.232 e. The summed E-state index contributed by atoms with van der Waals surface area (Å²) < 4.78 is 0. The first-order chi connectivity index (χ1) is 12.1. The topological polar surface area (TPSA) is 65.5 Å². The van der Waals surface area contributed by atoms with Crippen LogP contribution in [0.1, 0.15) is 48.9 Å². The molecule has 25 heavy (non-hydrogen) atoms. The van der Waals surface area contributed by atoms with Crippen LogP contribution in [0.5, 0.6) is 0 Å². The van der Waals surface area contributed by atoms with Crippen LogP contribution in [0, 0.1) is 17.8 Å². The van der Waals surface area contributed by atoms with Gasteiger partial charge in [0.15, 0.2) is 10.9 Å². The van der Waals surface area contributed by atoms with Gasteiger partial charge in [-0.2, -0.15) is 5.10 Å². The number of rotatable bonds is 2. The minimum atomic E-state index is -0.0966. The number of nitrogens with zero attached hydrogens (tertiary/aromatic N) is 1. The SMILES string of the molecule is O=C1C(=NNC(=S)NC23CC4CC(CC(C4)C2)C3)Nc2ccccc21. The fraction of sp³-hybridized carbons (Fsp3) is 0.526. The fourth-order valence-electron chi connectivity index (χ4n) is 5.82. The standard InChI is InChI=1S/C19H22N4OS/c24-16-14-3-1-2-4-15(14)20-17(16)22-23-18(25)21-19-8-11-5-12(9-19)7-13(6-11)10-19/h1-4,11-13H,5-10H2,(H,20,22,24)(H2,21,23,25). The number of anilines is 1. The Morgan fingerprint density at radius 3 is 2.40 bits per heavy atom. The van der Waals surface area contributed by atoms with Crippen molar-refractivity contribution < 1.29 is 4.79 Å². The molecule has 0 saturated heterocycles. The Bertz CT molecular complexity index is 752. The summed E-state index contributed by atoms with van der Waals surface area (Å²) in [5.74, 6) is 2.79. The molecule has 4 aliphatic carbocycles. The van der Waals surface area contributed by atoms with E-state index in [-0.39, 0.29) is 11.3 Å². The van der Waals surface area contributed by atoms with Crippen molar-refractivity contribution in [3.8, 4) is 0 Å². The molecular weight excluding hydrogens is 332 g/mol. The maximum absolute atomic E-state index is 12.3. The summed E-state index contributed by atoms with van der Waals surface area (Å²) in [4.78, 5) is 12.3. The maximum atomic E-state index is 12.3. The van der Waals surface area contributed by atoms with Crippen molar-refractivity contribution >= 4 is 34.6 Å². The number of carbonyl (C=O) groups is 1. The zero-order valence-electron chi connectivity index (χ0n) is 14.0. The second-order valence-electron chi connectivity index (χ2n) is 8.22. The van der Waals surface area contributed by atoms with E-state index in [1.807, 2.05) is 18.2 Å². The number of thiocarbonyl (C=S) groups is 1. The van der Waals surface area contributed by atoms with Crippen molar-refractivity contribution in [2.24, 2.45) is 22.9 Å². The number of para-hydroxylation sites is 1. The van der Waals surface area contributed by atoms with Crippen LogP contribution in [0.3, 0.4) is 0 Å². The molecule has 4 saturated carbocycles. The van der Waals surface area contributed by atoms with Gasteiger partial charge >= 0.3 is 0 Å². The molecule has 1 aliphatic heterocycles. The molecule has 6 heteroatoms. The van der Waals surface area contributed by atoms with E-state index in [0.717, 1.165) is 23.4 Å². The summed E-state index contributed by atoms with van der Waals surface area (Å²) in [5, 5.41) is 11.4. The lowest BCUT2D eigenvalue weighted by atomic mass is 9.53. The molecule has 0 spiro atoms. The van der Waals surface area contributed by atoms with Gasteiger partial charge in [-0.1, -0.05) is 12.1 Å². The van der Waals surface area contributed by atoms with Gasteiger partial charge in [0.25, 0.3) is 0 Å². The van der Waals surface area contributed by atoms with Crippen LogP contribution in [0.15, 0.2) is 29.4 Å². The molecule has 0 atom stereocenters. The van der Waals surface area contributed by atoms with Gasteiger partial charge < -0.3 is 10.6 Å².